The average molecular weight is 492 g/mol. The van der Waals surface area contributed by atoms with E-state index in [2.05, 4.69) is 50.3 Å². The summed E-state index contributed by atoms with van der Waals surface area (Å²) in [5, 5.41) is 3.29. The number of nitrogens with zero attached hydrogens (tertiary/aromatic N) is 2. The summed E-state index contributed by atoms with van der Waals surface area (Å²) >= 11 is 0. The topological polar surface area (TPSA) is 73.8 Å². The molecule has 1 fully saturated rings. The summed E-state index contributed by atoms with van der Waals surface area (Å²) in [4.78, 5) is 6.78. The Bertz CT molecular complexity index is 695. The van der Waals surface area contributed by atoms with Crippen LogP contribution in [0.15, 0.2) is 40.9 Å². The lowest BCUT2D eigenvalue weighted by molar-refractivity contribution is 0.375. The van der Waals surface area contributed by atoms with Crippen molar-refractivity contribution in [2.75, 3.05) is 39.0 Å². The summed E-state index contributed by atoms with van der Waals surface area (Å²) < 4.78 is 24.7. The van der Waals surface area contributed by atoms with Crippen molar-refractivity contribution < 1.29 is 8.42 Å². The van der Waals surface area contributed by atoms with Crippen LogP contribution in [-0.2, 0) is 10.0 Å². The Kier molecular flexibility index (Phi) is 10.2. The summed E-state index contributed by atoms with van der Waals surface area (Å²) in [6.07, 6.45) is 5.46. The number of likely N-dealkylation sites (tertiary alicyclic amines) is 1. The highest BCUT2D eigenvalue weighted by atomic mass is 127. The van der Waals surface area contributed by atoms with Crippen molar-refractivity contribution in [2.45, 2.75) is 19.8 Å². The molecule has 1 saturated heterocycles. The number of rotatable bonds is 6. The molecule has 1 aliphatic heterocycles. The van der Waals surface area contributed by atoms with Gasteiger partial charge in [0.05, 0.1) is 12.8 Å². The Labute approximate surface area is 174 Å². The highest BCUT2D eigenvalue weighted by molar-refractivity contribution is 14.0. The zero-order chi connectivity index (χ0) is 18.1. The second kappa shape index (κ2) is 11.6. The van der Waals surface area contributed by atoms with Gasteiger partial charge >= 0.3 is 0 Å². The molecule has 146 valence electrons. The van der Waals surface area contributed by atoms with Crippen LogP contribution in [0.25, 0.3) is 6.08 Å². The number of hydrogen-bond acceptors (Lipinski definition) is 3. The Morgan fingerprint density at radius 3 is 2.46 bits per heavy atom. The first-order valence-corrected chi connectivity index (χ1v) is 10.6. The molecule has 1 heterocycles. The van der Waals surface area contributed by atoms with Crippen LogP contribution in [0.2, 0.25) is 0 Å². The minimum atomic E-state index is -3.16. The molecule has 0 amide bonds. The molecular formula is C18H29IN4O2S. The van der Waals surface area contributed by atoms with Crippen molar-refractivity contribution in [3.8, 4) is 0 Å². The summed E-state index contributed by atoms with van der Waals surface area (Å²) in [6.45, 7) is 5.42. The van der Waals surface area contributed by atoms with Gasteiger partial charge in [-0.1, -0.05) is 42.0 Å². The van der Waals surface area contributed by atoms with E-state index in [0.29, 0.717) is 13.1 Å². The summed E-state index contributed by atoms with van der Waals surface area (Å²) in [5.74, 6) is 0.858. The molecule has 1 aliphatic rings. The molecular weight excluding hydrogens is 463 g/mol. The van der Waals surface area contributed by atoms with Gasteiger partial charge in [-0.3, -0.25) is 4.99 Å². The molecule has 8 heteroatoms. The quantitative estimate of drug-likeness (QED) is 0.277. The van der Waals surface area contributed by atoms with E-state index in [1.54, 1.807) is 0 Å². The summed E-state index contributed by atoms with van der Waals surface area (Å²) in [7, 11) is -3.16. The number of sulfonamides is 1. The number of benzene rings is 1. The third-order valence-corrected chi connectivity index (χ3v) is 4.68. The van der Waals surface area contributed by atoms with Crippen molar-refractivity contribution in [2.24, 2.45) is 4.99 Å². The minimum Gasteiger partial charge on any atom is -0.357 e. The van der Waals surface area contributed by atoms with Gasteiger partial charge in [-0.05, 0) is 25.3 Å². The molecule has 2 rings (SSSR count). The van der Waals surface area contributed by atoms with Gasteiger partial charge in [0.25, 0.3) is 0 Å². The molecule has 0 spiro atoms. The number of hydrogen-bond donors (Lipinski definition) is 2. The third kappa shape index (κ3) is 8.50. The maximum absolute atomic E-state index is 11.1. The van der Waals surface area contributed by atoms with E-state index in [9.17, 15) is 8.42 Å². The van der Waals surface area contributed by atoms with Crippen molar-refractivity contribution in [3.05, 3.63) is 41.5 Å². The Morgan fingerprint density at radius 2 is 1.88 bits per heavy atom. The van der Waals surface area contributed by atoms with Crippen LogP contribution in [0, 0.1) is 0 Å². The lowest BCUT2D eigenvalue weighted by Gasteiger charge is -2.31. The molecule has 26 heavy (non-hydrogen) atoms. The van der Waals surface area contributed by atoms with Crippen LogP contribution in [0.4, 0.5) is 0 Å². The van der Waals surface area contributed by atoms with E-state index in [4.69, 9.17) is 0 Å². The zero-order valence-electron chi connectivity index (χ0n) is 15.4. The first kappa shape index (κ1) is 22.9. The van der Waals surface area contributed by atoms with Gasteiger partial charge in [0.1, 0.15) is 0 Å². The number of aliphatic imine (C=N–C) groups is 1. The lowest BCUT2D eigenvalue weighted by atomic mass is 10.0. The van der Waals surface area contributed by atoms with Gasteiger partial charge in [-0.2, -0.15) is 0 Å². The van der Waals surface area contributed by atoms with Crippen LogP contribution in [0.5, 0.6) is 0 Å². The van der Waals surface area contributed by atoms with Crippen molar-refractivity contribution in [3.63, 3.8) is 0 Å². The standard InChI is InChI=1S/C18H28N4O2S.HI/c1-3-19-18(20-11-12-21-25(2,23)24)22-13-9-17(10-14-22)15-16-7-5-4-6-8-16;/h4-8,15,21H,3,9-14H2,1-2H3,(H,19,20);1H. The zero-order valence-corrected chi connectivity index (χ0v) is 18.6. The molecule has 0 radical (unpaired) electrons. The van der Waals surface area contributed by atoms with Gasteiger partial charge in [-0.25, -0.2) is 13.1 Å². The first-order chi connectivity index (χ1) is 12.0. The second-order valence-electron chi connectivity index (χ2n) is 6.10. The van der Waals surface area contributed by atoms with Crippen molar-refractivity contribution in [1.82, 2.24) is 14.9 Å². The molecule has 0 aromatic heterocycles. The number of piperidine rings is 1. The largest absolute Gasteiger partial charge is 0.357 e. The highest BCUT2D eigenvalue weighted by Crippen LogP contribution is 2.19. The Hall–Kier alpha value is -1.13. The smallest absolute Gasteiger partial charge is 0.208 e. The van der Waals surface area contributed by atoms with E-state index in [1.165, 1.54) is 11.1 Å². The lowest BCUT2D eigenvalue weighted by Crippen LogP contribution is -2.44. The molecule has 1 aromatic carbocycles. The molecule has 0 saturated carbocycles. The number of nitrogens with one attached hydrogen (secondary N) is 2. The monoisotopic (exact) mass is 492 g/mol. The molecule has 6 nitrogen and oxygen atoms in total. The van der Waals surface area contributed by atoms with Gasteiger partial charge < -0.3 is 10.2 Å². The average Bonchev–Trinajstić information content (AvgIpc) is 2.58. The van der Waals surface area contributed by atoms with Gasteiger partial charge in [0.15, 0.2) is 5.96 Å². The van der Waals surface area contributed by atoms with Crippen LogP contribution in [0.3, 0.4) is 0 Å². The predicted octanol–water partition coefficient (Wildman–Crippen LogP) is 2.30. The Morgan fingerprint density at radius 1 is 1.23 bits per heavy atom. The molecule has 0 bridgehead atoms. The van der Waals surface area contributed by atoms with Gasteiger partial charge in [-0.15, -0.1) is 24.0 Å². The normalized spacial score (nSPS) is 15.4. The second-order valence-corrected chi connectivity index (χ2v) is 7.94. The van der Waals surface area contributed by atoms with Gasteiger partial charge in [0, 0.05) is 26.2 Å². The highest BCUT2D eigenvalue weighted by Gasteiger charge is 2.17. The molecule has 2 N–H and O–H groups in total. The van der Waals surface area contributed by atoms with E-state index in [1.807, 2.05) is 13.0 Å². The Balaban J connectivity index is 0.00000338. The molecule has 0 unspecified atom stereocenters. The van der Waals surface area contributed by atoms with Crippen LogP contribution >= 0.6 is 24.0 Å². The van der Waals surface area contributed by atoms with Crippen LogP contribution in [0.1, 0.15) is 25.3 Å². The third-order valence-electron chi connectivity index (χ3n) is 3.95. The van der Waals surface area contributed by atoms with Crippen molar-refractivity contribution >= 4 is 46.0 Å². The molecule has 0 atom stereocenters. The maximum atomic E-state index is 11.1. The van der Waals surface area contributed by atoms with E-state index in [-0.39, 0.29) is 24.0 Å². The molecule has 1 aromatic rings. The fraction of sp³-hybridized carbons (Fsp3) is 0.500. The van der Waals surface area contributed by atoms with Crippen molar-refractivity contribution in [1.29, 1.82) is 0 Å². The van der Waals surface area contributed by atoms with E-state index >= 15 is 0 Å². The van der Waals surface area contributed by atoms with E-state index < -0.39 is 10.0 Å². The fourth-order valence-electron chi connectivity index (χ4n) is 2.75. The number of guanidine groups is 1. The predicted molar refractivity (Wildman–Crippen MR) is 119 cm³/mol. The van der Waals surface area contributed by atoms with Crippen LogP contribution in [-0.4, -0.2) is 58.3 Å². The SMILES string of the molecule is CCNC(=NCCNS(C)(=O)=O)N1CCC(=Cc2ccccc2)CC1.I. The maximum Gasteiger partial charge on any atom is 0.208 e. The summed E-state index contributed by atoms with van der Waals surface area (Å²) in [6, 6.07) is 10.4. The molecule has 0 aliphatic carbocycles. The first-order valence-electron chi connectivity index (χ1n) is 8.70. The van der Waals surface area contributed by atoms with E-state index in [0.717, 1.165) is 44.7 Å². The summed E-state index contributed by atoms with van der Waals surface area (Å²) in [5.41, 5.74) is 2.70. The van der Waals surface area contributed by atoms with Gasteiger partial charge in [0.2, 0.25) is 10.0 Å². The number of halogens is 1. The fourth-order valence-corrected chi connectivity index (χ4v) is 3.22. The minimum absolute atomic E-state index is 0. The van der Waals surface area contributed by atoms with Crippen LogP contribution < -0.4 is 10.0 Å².